The van der Waals surface area contributed by atoms with Crippen molar-refractivity contribution in [1.29, 1.82) is 0 Å². The van der Waals surface area contributed by atoms with Gasteiger partial charge in [0.2, 0.25) is 5.91 Å². The van der Waals surface area contributed by atoms with Crippen LogP contribution in [0.2, 0.25) is 0 Å². The molecule has 0 spiro atoms. The summed E-state index contributed by atoms with van der Waals surface area (Å²) in [6.07, 6.45) is 1.44. The molecule has 26 heavy (non-hydrogen) atoms. The van der Waals surface area contributed by atoms with Crippen LogP contribution in [0.25, 0.3) is 5.57 Å². The molecule has 3 rings (SSSR count). The number of fused-ring (bicyclic) bond motifs is 1. The lowest BCUT2D eigenvalue weighted by atomic mass is 10.1. The summed E-state index contributed by atoms with van der Waals surface area (Å²) in [5.41, 5.74) is 1.44. The van der Waals surface area contributed by atoms with Crippen molar-refractivity contribution in [2.75, 3.05) is 20.8 Å². The standard InChI is InChI=1S/C18H17NO6S/c1-19-18(20)9-12-11-24-17-10-14(5-8-16(12)17)25-26(21,22)15-6-3-13(23-2)4-7-15/h3-10H,11H2,1-2H3,(H,19,20)/b12-9-. The monoisotopic (exact) mass is 375 g/mol. The van der Waals surface area contributed by atoms with Crippen LogP contribution in [-0.4, -0.2) is 35.1 Å². The lowest BCUT2D eigenvalue weighted by Gasteiger charge is -2.09. The largest absolute Gasteiger partial charge is 0.497 e. The quantitative estimate of drug-likeness (QED) is 0.635. The van der Waals surface area contributed by atoms with E-state index in [2.05, 4.69) is 5.32 Å². The summed E-state index contributed by atoms with van der Waals surface area (Å²) in [6.45, 7) is 0.234. The maximum absolute atomic E-state index is 12.4. The van der Waals surface area contributed by atoms with Gasteiger partial charge in [-0.3, -0.25) is 4.79 Å². The predicted molar refractivity (Wildman–Crippen MR) is 94.8 cm³/mol. The van der Waals surface area contributed by atoms with Gasteiger partial charge < -0.3 is 19.0 Å². The van der Waals surface area contributed by atoms with Crippen molar-refractivity contribution in [3.63, 3.8) is 0 Å². The second-order valence-electron chi connectivity index (χ2n) is 5.44. The Morgan fingerprint density at radius 1 is 1.15 bits per heavy atom. The van der Waals surface area contributed by atoms with Crippen molar-refractivity contribution >= 4 is 21.6 Å². The number of ether oxygens (including phenoxy) is 2. The van der Waals surface area contributed by atoms with Crippen LogP contribution in [0.3, 0.4) is 0 Å². The molecule has 0 fully saturated rings. The summed E-state index contributed by atoms with van der Waals surface area (Å²) < 4.78 is 40.5. The lowest BCUT2D eigenvalue weighted by Crippen LogP contribution is -2.15. The van der Waals surface area contributed by atoms with Gasteiger partial charge in [0.15, 0.2) is 0 Å². The molecule has 8 heteroatoms. The zero-order chi connectivity index (χ0) is 18.7. The summed E-state index contributed by atoms with van der Waals surface area (Å²) in [7, 11) is -0.946. The Hall–Kier alpha value is -3.00. The zero-order valence-corrected chi connectivity index (χ0v) is 15.0. The Balaban J connectivity index is 1.83. The molecule has 136 valence electrons. The van der Waals surface area contributed by atoms with Gasteiger partial charge in [-0.1, -0.05) is 0 Å². The number of amides is 1. The fourth-order valence-corrected chi connectivity index (χ4v) is 3.36. The molecule has 2 aromatic rings. The van der Waals surface area contributed by atoms with E-state index in [0.717, 1.165) is 5.56 Å². The smallest absolute Gasteiger partial charge is 0.339 e. The third-order valence-corrected chi connectivity index (χ3v) is 5.05. The van der Waals surface area contributed by atoms with Gasteiger partial charge >= 0.3 is 10.1 Å². The first-order chi connectivity index (χ1) is 12.4. The fourth-order valence-electron chi connectivity index (χ4n) is 2.44. The van der Waals surface area contributed by atoms with Crippen LogP contribution in [0.5, 0.6) is 17.2 Å². The van der Waals surface area contributed by atoms with Gasteiger partial charge in [0, 0.05) is 30.3 Å². The van der Waals surface area contributed by atoms with Crippen molar-refractivity contribution in [3.05, 3.63) is 54.1 Å². The van der Waals surface area contributed by atoms with E-state index in [1.807, 2.05) is 0 Å². The van der Waals surface area contributed by atoms with Gasteiger partial charge in [0.1, 0.15) is 28.8 Å². The highest BCUT2D eigenvalue weighted by molar-refractivity contribution is 7.87. The highest BCUT2D eigenvalue weighted by Gasteiger charge is 2.22. The van der Waals surface area contributed by atoms with Crippen molar-refractivity contribution in [2.45, 2.75) is 4.90 Å². The molecule has 0 saturated carbocycles. The van der Waals surface area contributed by atoms with E-state index < -0.39 is 10.1 Å². The van der Waals surface area contributed by atoms with E-state index in [1.165, 1.54) is 56.6 Å². The SMILES string of the molecule is CNC(=O)/C=C1/COc2cc(OS(=O)(=O)c3ccc(OC)cc3)ccc21. The number of carbonyl (C=O) groups excluding carboxylic acids is 1. The topological polar surface area (TPSA) is 90.9 Å². The third-order valence-electron chi connectivity index (χ3n) is 3.79. The molecule has 7 nitrogen and oxygen atoms in total. The van der Waals surface area contributed by atoms with Crippen LogP contribution in [-0.2, 0) is 14.9 Å². The highest BCUT2D eigenvalue weighted by Crippen LogP contribution is 2.36. The second-order valence-corrected chi connectivity index (χ2v) is 6.99. The molecule has 1 N–H and O–H groups in total. The Kier molecular flexibility index (Phi) is 4.85. The Morgan fingerprint density at radius 2 is 1.85 bits per heavy atom. The van der Waals surface area contributed by atoms with Crippen LogP contribution >= 0.6 is 0 Å². The Labute approximate surface area is 151 Å². The summed E-state index contributed by atoms with van der Waals surface area (Å²) in [4.78, 5) is 11.5. The van der Waals surface area contributed by atoms with Crippen LogP contribution in [0.1, 0.15) is 5.56 Å². The number of nitrogens with one attached hydrogen (secondary N) is 1. The van der Waals surface area contributed by atoms with Gasteiger partial charge in [-0.05, 0) is 36.4 Å². The van der Waals surface area contributed by atoms with E-state index >= 15 is 0 Å². The normalized spacial score (nSPS) is 14.5. The summed E-state index contributed by atoms with van der Waals surface area (Å²) in [5, 5.41) is 2.51. The lowest BCUT2D eigenvalue weighted by molar-refractivity contribution is -0.116. The van der Waals surface area contributed by atoms with Gasteiger partial charge in [-0.2, -0.15) is 8.42 Å². The predicted octanol–water partition coefficient (Wildman–Crippen LogP) is 1.98. The van der Waals surface area contributed by atoms with E-state index in [0.29, 0.717) is 17.1 Å². The molecule has 2 aromatic carbocycles. The molecular formula is C18H17NO6S. The first-order valence-electron chi connectivity index (χ1n) is 7.71. The van der Waals surface area contributed by atoms with Crippen molar-refractivity contribution in [2.24, 2.45) is 0 Å². The molecule has 1 aliphatic rings. The number of benzene rings is 2. The maximum Gasteiger partial charge on any atom is 0.339 e. The number of likely N-dealkylation sites (N-methyl/N-ethyl adjacent to an activating group) is 1. The van der Waals surface area contributed by atoms with Gasteiger partial charge in [0.25, 0.3) is 0 Å². The molecule has 0 radical (unpaired) electrons. The number of carbonyl (C=O) groups is 1. The number of hydrogen-bond acceptors (Lipinski definition) is 6. The van der Waals surface area contributed by atoms with Gasteiger partial charge in [-0.25, -0.2) is 0 Å². The molecule has 1 amide bonds. The molecule has 0 atom stereocenters. The molecule has 0 aromatic heterocycles. The first-order valence-corrected chi connectivity index (χ1v) is 9.12. The minimum Gasteiger partial charge on any atom is -0.497 e. The average Bonchev–Trinajstić information content (AvgIpc) is 3.03. The van der Waals surface area contributed by atoms with E-state index in [1.54, 1.807) is 6.07 Å². The van der Waals surface area contributed by atoms with E-state index in [-0.39, 0.29) is 23.2 Å². The molecular weight excluding hydrogens is 358 g/mol. The second kappa shape index (κ2) is 7.09. The number of methoxy groups -OCH3 is 1. The van der Waals surface area contributed by atoms with Gasteiger partial charge in [-0.15, -0.1) is 0 Å². The van der Waals surface area contributed by atoms with Crippen LogP contribution < -0.4 is 19.0 Å². The fraction of sp³-hybridized carbons (Fsp3) is 0.167. The number of hydrogen-bond donors (Lipinski definition) is 1. The van der Waals surface area contributed by atoms with Crippen LogP contribution in [0.15, 0.2) is 53.4 Å². The van der Waals surface area contributed by atoms with Crippen molar-refractivity contribution in [1.82, 2.24) is 5.32 Å². The van der Waals surface area contributed by atoms with E-state index in [9.17, 15) is 13.2 Å². The van der Waals surface area contributed by atoms with Crippen LogP contribution in [0.4, 0.5) is 0 Å². The Morgan fingerprint density at radius 3 is 2.50 bits per heavy atom. The zero-order valence-electron chi connectivity index (χ0n) is 14.2. The summed E-state index contributed by atoms with van der Waals surface area (Å²) in [5.74, 6) is 0.896. The number of rotatable bonds is 5. The third kappa shape index (κ3) is 3.65. The molecule has 0 saturated heterocycles. The van der Waals surface area contributed by atoms with Gasteiger partial charge in [0.05, 0.1) is 7.11 Å². The summed E-state index contributed by atoms with van der Waals surface area (Å²) >= 11 is 0. The van der Waals surface area contributed by atoms with Crippen LogP contribution in [0, 0.1) is 0 Å². The molecule has 0 aliphatic carbocycles. The minimum atomic E-state index is -3.98. The molecule has 1 heterocycles. The van der Waals surface area contributed by atoms with Crippen molar-refractivity contribution < 1.29 is 26.9 Å². The van der Waals surface area contributed by atoms with Crippen molar-refractivity contribution in [3.8, 4) is 17.2 Å². The molecule has 0 unspecified atom stereocenters. The first kappa shape index (κ1) is 17.8. The maximum atomic E-state index is 12.4. The average molecular weight is 375 g/mol. The molecule has 0 bridgehead atoms. The van der Waals surface area contributed by atoms with E-state index in [4.69, 9.17) is 13.7 Å². The Bertz CT molecular complexity index is 964. The summed E-state index contributed by atoms with van der Waals surface area (Å²) in [6, 6.07) is 10.6. The minimum absolute atomic E-state index is 0.0138. The molecule has 1 aliphatic heterocycles. The highest BCUT2D eigenvalue weighted by atomic mass is 32.2.